The van der Waals surface area contributed by atoms with Crippen LogP contribution in [0.3, 0.4) is 0 Å². The summed E-state index contributed by atoms with van der Waals surface area (Å²) in [6.45, 7) is 1.53. The molecule has 0 heterocycles. The van der Waals surface area contributed by atoms with Crippen LogP contribution in [0, 0.1) is 0 Å². The van der Waals surface area contributed by atoms with Crippen molar-refractivity contribution in [3.8, 4) is 17.2 Å². The first-order valence-corrected chi connectivity index (χ1v) is 16.2. The summed E-state index contributed by atoms with van der Waals surface area (Å²) in [7, 11) is 0.114. The number of carbonyl (C=O) groups is 2. The molecule has 242 valence electrons. The highest BCUT2D eigenvalue weighted by Gasteiger charge is 2.35. The van der Waals surface area contributed by atoms with Gasteiger partial charge in [0.2, 0.25) is 11.8 Å². The normalized spacial score (nSPS) is 11.7. The van der Waals surface area contributed by atoms with Gasteiger partial charge in [-0.15, -0.1) is 0 Å². The van der Waals surface area contributed by atoms with Gasteiger partial charge in [0.1, 0.15) is 29.8 Å². The third kappa shape index (κ3) is 8.16. The van der Waals surface area contributed by atoms with Gasteiger partial charge in [-0.05, 0) is 54.4 Å². The SMILES string of the molecule is CCNC(=O)C(Cc1ccccc1)N(Cc1cccc(OC)c1)C(=O)CN(c1cc(OC)ccc1OC)S(=O)(=O)c1ccccc1. The number of ether oxygens (including phenoxy) is 3. The monoisotopic (exact) mass is 645 g/mol. The molecule has 4 aromatic rings. The van der Waals surface area contributed by atoms with E-state index in [0.29, 0.717) is 23.6 Å². The lowest BCUT2D eigenvalue weighted by molar-refractivity contribution is -0.140. The van der Waals surface area contributed by atoms with Crippen molar-refractivity contribution in [2.24, 2.45) is 0 Å². The van der Waals surface area contributed by atoms with E-state index in [9.17, 15) is 18.0 Å². The molecule has 0 bridgehead atoms. The van der Waals surface area contributed by atoms with Crippen LogP contribution in [0.2, 0.25) is 0 Å². The molecule has 0 saturated heterocycles. The summed E-state index contributed by atoms with van der Waals surface area (Å²) in [5.74, 6) is 0.210. The molecule has 11 heteroatoms. The molecule has 1 atom stereocenters. The summed E-state index contributed by atoms with van der Waals surface area (Å²) < 4.78 is 45.9. The molecule has 10 nitrogen and oxygen atoms in total. The molecule has 2 amide bonds. The minimum absolute atomic E-state index is 0.0130. The summed E-state index contributed by atoms with van der Waals surface area (Å²) in [6.07, 6.45) is 0.205. The second-order valence-corrected chi connectivity index (χ2v) is 12.2. The van der Waals surface area contributed by atoms with E-state index >= 15 is 0 Å². The summed E-state index contributed by atoms with van der Waals surface area (Å²) in [4.78, 5) is 29.7. The van der Waals surface area contributed by atoms with Crippen molar-refractivity contribution >= 4 is 27.5 Å². The lowest BCUT2D eigenvalue weighted by atomic mass is 10.0. The second-order valence-electron chi connectivity index (χ2n) is 10.3. The van der Waals surface area contributed by atoms with Gasteiger partial charge in [-0.1, -0.05) is 60.7 Å². The Morgan fingerprint density at radius 2 is 1.39 bits per heavy atom. The van der Waals surface area contributed by atoms with Crippen LogP contribution in [0.5, 0.6) is 17.2 Å². The number of amides is 2. The Hall–Kier alpha value is -5.03. The Labute approximate surface area is 270 Å². The van der Waals surface area contributed by atoms with Gasteiger partial charge in [-0.25, -0.2) is 8.42 Å². The highest BCUT2D eigenvalue weighted by molar-refractivity contribution is 7.92. The Kier molecular flexibility index (Phi) is 11.6. The Bertz CT molecular complexity index is 1720. The van der Waals surface area contributed by atoms with Crippen LogP contribution in [0.25, 0.3) is 0 Å². The fourth-order valence-electron chi connectivity index (χ4n) is 5.04. The number of anilines is 1. The van der Waals surface area contributed by atoms with Crippen molar-refractivity contribution in [3.63, 3.8) is 0 Å². The fraction of sp³-hybridized carbons (Fsp3) is 0.257. The third-order valence-corrected chi connectivity index (χ3v) is 9.15. The maximum atomic E-state index is 14.6. The number of hydrogen-bond acceptors (Lipinski definition) is 7. The van der Waals surface area contributed by atoms with E-state index in [1.54, 1.807) is 62.6 Å². The van der Waals surface area contributed by atoms with Gasteiger partial charge in [0.15, 0.2) is 0 Å². The molecule has 4 rings (SSSR count). The number of methoxy groups -OCH3 is 3. The van der Waals surface area contributed by atoms with E-state index < -0.39 is 28.5 Å². The predicted octanol–water partition coefficient (Wildman–Crippen LogP) is 4.68. The molecule has 0 aliphatic rings. The zero-order valence-electron chi connectivity index (χ0n) is 26.4. The quantitative estimate of drug-likeness (QED) is 0.200. The summed E-state index contributed by atoms with van der Waals surface area (Å²) in [6, 6.07) is 28.1. The molecule has 46 heavy (non-hydrogen) atoms. The number of hydrogen-bond donors (Lipinski definition) is 1. The Morgan fingerprint density at radius 3 is 2.02 bits per heavy atom. The standard InChI is InChI=1S/C35H39N3O7S/c1-5-36-35(40)32(22-26-13-8-6-9-14-26)37(24-27-15-12-16-28(21-27)43-2)34(39)25-38(46(41,42)30-17-10-7-11-18-30)31-23-29(44-3)19-20-33(31)45-4/h6-21,23,32H,5,22,24-25H2,1-4H3,(H,36,40). The van der Waals surface area contributed by atoms with Gasteiger partial charge < -0.3 is 24.4 Å². The van der Waals surface area contributed by atoms with Gasteiger partial charge in [-0.3, -0.25) is 13.9 Å². The van der Waals surface area contributed by atoms with Crippen molar-refractivity contribution in [1.82, 2.24) is 10.2 Å². The van der Waals surface area contributed by atoms with E-state index in [2.05, 4.69) is 5.32 Å². The van der Waals surface area contributed by atoms with Crippen LogP contribution in [0.1, 0.15) is 18.1 Å². The highest BCUT2D eigenvalue weighted by atomic mass is 32.2. The summed E-state index contributed by atoms with van der Waals surface area (Å²) in [5, 5.41) is 2.86. The minimum Gasteiger partial charge on any atom is -0.497 e. The molecule has 0 saturated carbocycles. The zero-order chi connectivity index (χ0) is 33.1. The molecular formula is C35H39N3O7S. The number of nitrogens with one attached hydrogen (secondary N) is 1. The smallest absolute Gasteiger partial charge is 0.264 e. The van der Waals surface area contributed by atoms with Crippen LogP contribution in [-0.4, -0.2) is 65.6 Å². The lowest BCUT2D eigenvalue weighted by Crippen LogP contribution is -2.53. The maximum absolute atomic E-state index is 14.6. The molecule has 0 spiro atoms. The van der Waals surface area contributed by atoms with E-state index in [0.717, 1.165) is 9.87 Å². The fourth-order valence-corrected chi connectivity index (χ4v) is 6.48. The molecule has 0 fully saturated rings. The third-order valence-electron chi connectivity index (χ3n) is 7.37. The number of nitrogens with zero attached hydrogens (tertiary/aromatic N) is 2. The van der Waals surface area contributed by atoms with E-state index in [-0.39, 0.29) is 35.2 Å². The minimum atomic E-state index is -4.31. The molecule has 0 aromatic heterocycles. The molecular weight excluding hydrogens is 606 g/mol. The molecule has 0 aliphatic carbocycles. The Morgan fingerprint density at radius 1 is 0.761 bits per heavy atom. The Balaban J connectivity index is 1.86. The number of carbonyl (C=O) groups excluding carboxylic acids is 2. The largest absolute Gasteiger partial charge is 0.497 e. The second kappa shape index (κ2) is 15.8. The van der Waals surface area contributed by atoms with Crippen molar-refractivity contribution < 1.29 is 32.2 Å². The maximum Gasteiger partial charge on any atom is 0.264 e. The van der Waals surface area contributed by atoms with Crippen LogP contribution >= 0.6 is 0 Å². The topological polar surface area (TPSA) is 114 Å². The van der Waals surface area contributed by atoms with E-state index in [1.165, 1.54) is 37.3 Å². The first-order chi connectivity index (χ1) is 22.2. The van der Waals surface area contributed by atoms with E-state index in [1.807, 2.05) is 36.4 Å². The molecule has 4 aromatic carbocycles. The van der Waals surface area contributed by atoms with Crippen molar-refractivity contribution in [1.29, 1.82) is 0 Å². The average Bonchev–Trinajstić information content (AvgIpc) is 3.09. The van der Waals surface area contributed by atoms with Crippen molar-refractivity contribution in [3.05, 3.63) is 114 Å². The van der Waals surface area contributed by atoms with Crippen LogP contribution in [-0.2, 0) is 32.6 Å². The van der Waals surface area contributed by atoms with Crippen LogP contribution < -0.4 is 23.8 Å². The van der Waals surface area contributed by atoms with Gasteiger partial charge >= 0.3 is 0 Å². The number of likely N-dealkylation sites (N-methyl/N-ethyl adjacent to an activating group) is 1. The first-order valence-electron chi connectivity index (χ1n) is 14.8. The van der Waals surface area contributed by atoms with Gasteiger partial charge in [0, 0.05) is 25.6 Å². The number of benzene rings is 4. The zero-order valence-corrected chi connectivity index (χ0v) is 27.2. The molecule has 0 aliphatic heterocycles. The number of sulfonamides is 1. The molecule has 0 radical (unpaired) electrons. The van der Waals surface area contributed by atoms with Crippen molar-refractivity contribution in [2.75, 3.05) is 38.7 Å². The predicted molar refractivity (Wildman–Crippen MR) is 177 cm³/mol. The van der Waals surface area contributed by atoms with Gasteiger partial charge in [0.25, 0.3) is 10.0 Å². The highest BCUT2D eigenvalue weighted by Crippen LogP contribution is 2.36. The van der Waals surface area contributed by atoms with Crippen LogP contribution in [0.4, 0.5) is 5.69 Å². The molecule has 1 N–H and O–H groups in total. The molecule has 1 unspecified atom stereocenters. The van der Waals surface area contributed by atoms with Gasteiger partial charge in [-0.2, -0.15) is 0 Å². The number of rotatable bonds is 15. The summed E-state index contributed by atoms with van der Waals surface area (Å²) >= 11 is 0. The van der Waals surface area contributed by atoms with Crippen LogP contribution in [0.15, 0.2) is 108 Å². The lowest BCUT2D eigenvalue weighted by Gasteiger charge is -2.34. The first kappa shape index (κ1) is 33.9. The average molecular weight is 646 g/mol. The van der Waals surface area contributed by atoms with Gasteiger partial charge in [0.05, 0.1) is 31.9 Å². The van der Waals surface area contributed by atoms with E-state index in [4.69, 9.17) is 14.2 Å². The van der Waals surface area contributed by atoms with Crippen molar-refractivity contribution in [2.45, 2.75) is 30.8 Å². The summed E-state index contributed by atoms with van der Waals surface area (Å²) in [5.41, 5.74) is 1.65.